The summed E-state index contributed by atoms with van der Waals surface area (Å²) in [5.41, 5.74) is 0. The van der Waals surface area contributed by atoms with Gasteiger partial charge in [0.05, 0.1) is 6.26 Å². The Kier molecular flexibility index (Phi) is 5.96. The highest BCUT2D eigenvalue weighted by Crippen LogP contribution is 2.23. The molecule has 0 saturated heterocycles. The van der Waals surface area contributed by atoms with Crippen LogP contribution in [0.1, 0.15) is 45.3 Å². The van der Waals surface area contributed by atoms with E-state index < -0.39 is 0 Å². The molecule has 0 amide bonds. The zero-order valence-corrected chi connectivity index (χ0v) is 12.7. The van der Waals surface area contributed by atoms with Gasteiger partial charge in [-0.25, -0.2) is 0 Å². The van der Waals surface area contributed by atoms with Crippen molar-refractivity contribution in [2.75, 3.05) is 13.1 Å². The van der Waals surface area contributed by atoms with Crippen LogP contribution in [0.5, 0.6) is 0 Å². The lowest BCUT2D eigenvalue weighted by Gasteiger charge is -2.28. The Labute approximate surface area is 122 Å². The molecule has 0 radical (unpaired) electrons. The van der Waals surface area contributed by atoms with Crippen LogP contribution in [0.25, 0.3) is 0 Å². The fourth-order valence-electron chi connectivity index (χ4n) is 2.81. The molecule has 1 aliphatic rings. The van der Waals surface area contributed by atoms with Crippen molar-refractivity contribution in [2.45, 2.75) is 52.0 Å². The second-order valence-electron chi connectivity index (χ2n) is 5.70. The van der Waals surface area contributed by atoms with Gasteiger partial charge >= 0.3 is 0 Å². The lowest BCUT2D eigenvalue weighted by molar-refractivity contribution is 0.324. The van der Waals surface area contributed by atoms with Gasteiger partial charge in [0.2, 0.25) is 0 Å². The molecule has 4 heteroatoms. The van der Waals surface area contributed by atoms with Crippen molar-refractivity contribution in [1.29, 1.82) is 0 Å². The minimum atomic E-state index is 0.570. The predicted octanol–water partition coefficient (Wildman–Crippen LogP) is 2.96. The van der Waals surface area contributed by atoms with Gasteiger partial charge in [0.25, 0.3) is 0 Å². The number of furan rings is 1. The Morgan fingerprint density at radius 2 is 2.35 bits per heavy atom. The fraction of sp³-hybridized carbons (Fsp3) is 0.688. The van der Waals surface area contributed by atoms with E-state index in [9.17, 15) is 0 Å². The van der Waals surface area contributed by atoms with Crippen LogP contribution in [0.15, 0.2) is 27.8 Å². The van der Waals surface area contributed by atoms with Gasteiger partial charge in [0.1, 0.15) is 5.76 Å². The number of rotatable bonds is 5. The molecule has 1 aromatic heterocycles. The van der Waals surface area contributed by atoms with Gasteiger partial charge in [0.15, 0.2) is 5.96 Å². The number of nitrogens with one attached hydrogen (secondary N) is 2. The van der Waals surface area contributed by atoms with Gasteiger partial charge in [-0.2, -0.15) is 0 Å². The van der Waals surface area contributed by atoms with Crippen LogP contribution in [0.2, 0.25) is 0 Å². The minimum absolute atomic E-state index is 0.570. The topological polar surface area (TPSA) is 49.6 Å². The maximum atomic E-state index is 5.33. The summed E-state index contributed by atoms with van der Waals surface area (Å²) >= 11 is 0. The van der Waals surface area contributed by atoms with E-state index in [0.717, 1.165) is 37.1 Å². The van der Waals surface area contributed by atoms with E-state index in [1.807, 2.05) is 12.1 Å². The van der Waals surface area contributed by atoms with Crippen LogP contribution in [-0.4, -0.2) is 25.1 Å². The largest absolute Gasteiger partial charge is 0.469 e. The van der Waals surface area contributed by atoms with E-state index >= 15 is 0 Å². The van der Waals surface area contributed by atoms with Gasteiger partial charge in [0, 0.05) is 25.6 Å². The number of hydrogen-bond donors (Lipinski definition) is 2. The molecule has 4 nitrogen and oxygen atoms in total. The summed E-state index contributed by atoms with van der Waals surface area (Å²) in [6.45, 7) is 6.10. The zero-order valence-electron chi connectivity index (χ0n) is 12.7. The summed E-state index contributed by atoms with van der Waals surface area (Å²) in [5.74, 6) is 2.77. The second-order valence-corrected chi connectivity index (χ2v) is 5.70. The van der Waals surface area contributed by atoms with Crippen LogP contribution in [-0.2, 0) is 6.42 Å². The van der Waals surface area contributed by atoms with Gasteiger partial charge < -0.3 is 15.1 Å². The molecule has 20 heavy (non-hydrogen) atoms. The molecule has 2 N–H and O–H groups in total. The summed E-state index contributed by atoms with van der Waals surface area (Å²) < 4.78 is 5.33. The van der Waals surface area contributed by atoms with Crippen molar-refractivity contribution in [3.63, 3.8) is 0 Å². The summed E-state index contributed by atoms with van der Waals surface area (Å²) in [6, 6.07) is 4.49. The molecule has 2 atom stereocenters. The maximum Gasteiger partial charge on any atom is 0.191 e. The van der Waals surface area contributed by atoms with Crippen LogP contribution in [0, 0.1) is 5.92 Å². The highest BCUT2D eigenvalue weighted by atomic mass is 16.3. The number of nitrogens with zero attached hydrogens (tertiary/aromatic N) is 1. The van der Waals surface area contributed by atoms with E-state index in [1.54, 1.807) is 6.26 Å². The Bertz CT molecular complexity index is 400. The first-order valence-corrected chi connectivity index (χ1v) is 7.85. The molecule has 0 aromatic carbocycles. The molecular weight excluding hydrogens is 250 g/mol. The quantitative estimate of drug-likeness (QED) is 0.642. The monoisotopic (exact) mass is 277 g/mol. The lowest BCUT2D eigenvalue weighted by atomic mass is 9.87. The number of guanidine groups is 1. The van der Waals surface area contributed by atoms with Crippen molar-refractivity contribution in [2.24, 2.45) is 10.9 Å². The normalized spacial score (nSPS) is 23.6. The molecule has 1 aromatic rings. The van der Waals surface area contributed by atoms with Crippen molar-refractivity contribution in [3.05, 3.63) is 24.2 Å². The smallest absolute Gasteiger partial charge is 0.191 e. The number of hydrogen-bond acceptors (Lipinski definition) is 2. The summed E-state index contributed by atoms with van der Waals surface area (Å²) in [5, 5.41) is 6.91. The van der Waals surface area contributed by atoms with E-state index in [0.29, 0.717) is 6.04 Å². The summed E-state index contributed by atoms with van der Waals surface area (Å²) in [4.78, 5) is 4.64. The predicted molar refractivity (Wildman–Crippen MR) is 82.9 cm³/mol. The maximum absolute atomic E-state index is 5.33. The molecule has 1 saturated carbocycles. The third kappa shape index (κ3) is 4.91. The van der Waals surface area contributed by atoms with Gasteiger partial charge in [-0.3, -0.25) is 4.99 Å². The molecule has 112 valence electrons. The summed E-state index contributed by atoms with van der Waals surface area (Å²) in [6.07, 6.45) is 7.76. The van der Waals surface area contributed by atoms with Crippen LogP contribution < -0.4 is 10.6 Å². The van der Waals surface area contributed by atoms with E-state index in [2.05, 4.69) is 29.5 Å². The van der Waals surface area contributed by atoms with Crippen molar-refractivity contribution < 1.29 is 4.42 Å². The third-order valence-electron chi connectivity index (χ3n) is 3.83. The third-order valence-corrected chi connectivity index (χ3v) is 3.83. The van der Waals surface area contributed by atoms with E-state index in [4.69, 9.17) is 4.42 Å². The Hall–Kier alpha value is -1.45. The molecule has 0 spiro atoms. The van der Waals surface area contributed by atoms with Crippen molar-refractivity contribution in [1.82, 2.24) is 10.6 Å². The molecule has 0 bridgehead atoms. The molecular formula is C16H27N3O. The molecule has 1 aliphatic carbocycles. The van der Waals surface area contributed by atoms with Gasteiger partial charge in [-0.15, -0.1) is 0 Å². The molecule has 1 fully saturated rings. The lowest BCUT2D eigenvalue weighted by Crippen LogP contribution is -2.45. The summed E-state index contributed by atoms with van der Waals surface area (Å²) in [7, 11) is 0. The molecule has 0 aliphatic heterocycles. The highest BCUT2D eigenvalue weighted by molar-refractivity contribution is 5.80. The van der Waals surface area contributed by atoms with Crippen molar-refractivity contribution in [3.8, 4) is 0 Å². The minimum Gasteiger partial charge on any atom is -0.469 e. The van der Waals surface area contributed by atoms with Crippen LogP contribution in [0.4, 0.5) is 0 Å². The Balaban J connectivity index is 1.82. The average molecular weight is 277 g/mol. The first-order chi connectivity index (χ1) is 9.78. The highest BCUT2D eigenvalue weighted by Gasteiger charge is 2.19. The second kappa shape index (κ2) is 7.98. The van der Waals surface area contributed by atoms with Crippen molar-refractivity contribution >= 4 is 5.96 Å². The number of aliphatic imine (C=N–C) groups is 1. The molecule has 2 rings (SSSR count). The van der Waals surface area contributed by atoms with Gasteiger partial charge in [-0.05, 0) is 37.8 Å². The van der Waals surface area contributed by atoms with Gasteiger partial charge in [-0.1, -0.05) is 19.8 Å². The van der Waals surface area contributed by atoms with Crippen LogP contribution in [0.3, 0.4) is 0 Å². The van der Waals surface area contributed by atoms with E-state index in [-0.39, 0.29) is 0 Å². The Morgan fingerprint density at radius 1 is 1.45 bits per heavy atom. The first-order valence-electron chi connectivity index (χ1n) is 7.85. The first kappa shape index (κ1) is 14.9. The Morgan fingerprint density at radius 3 is 3.05 bits per heavy atom. The molecule has 1 heterocycles. The standard InChI is InChI=1S/C16H27N3O/c1-3-17-16(18-10-9-15-8-5-11-20-15)19-14-7-4-6-13(2)12-14/h5,8,11,13-14H,3-4,6-7,9-10,12H2,1-2H3,(H2,17,18,19). The zero-order chi connectivity index (χ0) is 14.2. The van der Waals surface area contributed by atoms with E-state index in [1.165, 1.54) is 25.7 Å². The fourth-order valence-corrected chi connectivity index (χ4v) is 2.81. The SMILES string of the molecule is CCNC(=NCCc1ccco1)NC1CCCC(C)C1. The average Bonchev–Trinajstić information content (AvgIpc) is 2.92. The molecule has 2 unspecified atom stereocenters. The van der Waals surface area contributed by atoms with Crippen LogP contribution >= 0.6 is 0 Å².